The molecule has 1 aromatic rings. The Hall–Kier alpha value is -0.430. The van der Waals surface area contributed by atoms with Crippen molar-refractivity contribution in [3.05, 3.63) is 29.8 Å². The molecule has 1 aliphatic rings. The maximum absolute atomic E-state index is 6.08. The van der Waals surface area contributed by atoms with Crippen molar-refractivity contribution in [1.82, 2.24) is 4.90 Å². The molecular formula is C16H26IN3S. The number of rotatable bonds is 4. The molecule has 2 N–H and O–H groups in total. The average Bonchev–Trinajstić information content (AvgIpc) is 2.45. The second-order valence-corrected chi connectivity index (χ2v) is 6.76. The van der Waals surface area contributed by atoms with Crippen LogP contribution in [0.3, 0.4) is 0 Å². The van der Waals surface area contributed by atoms with E-state index in [-0.39, 0.29) is 24.0 Å². The molecule has 1 atom stereocenters. The van der Waals surface area contributed by atoms with Crippen molar-refractivity contribution < 1.29 is 0 Å². The number of likely N-dealkylation sites (tertiary alicyclic amines) is 1. The minimum atomic E-state index is 0. The number of aliphatic imine (C=N–C) groups is 1. The zero-order valence-electron chi connectivity index (χ0n) is 12.9. The van der Waals surface area contributed by atoms with Crippen molar-refractivity contribution in [3.8, 4) is 0 Å². The molecule has 0 bridgehead atoms. The van der Waals surface area contributed by atoms with Crippen LogP contribution in [0.5, 0.6) is 0 Å². The molecule has 5 heteroatoms. The Labute approximate surface area is 149 Å². The molecule has 1 unspecified atom stereocenters. The lowest BCUT2D eigenvalue weighted by molar-refractivity contribution is 0.270. The molecule has 1 fully saturated rings. The van der Waals surface area contributed by atoms with E-state index in [1.54, 1.807) is 0 Å². The van der Waals surface area contributed by atoms with Crippen LogP contribution in [-0.4, -0.2) is 36.2 Å². The van der Waals surface area contributed by atoms with E-state index >= 15 is 0 Å². The van der Waals surface area contributed by atoms with Crippen LogP contribution in [0.1, 0.15) is 25.3 Å². The summed E-state index contributed by atoms with van der Waals surface area (Å²) in [5, 5.41) is 0. The molecule has 1 aliphatic heterocycles. The normalized spacial score (nSPS) is 19.2. The lowest BCUT2D eigenvalue weighted by Gasteiger charge is -2.31. The highest BCUT2D eigenvalue weighted by Crippen LogP contribution is 2.18. The fourth-order valence-electron chi connectivity index (χ4n) is 2.46. The number of guanidine groups is 1. The van der Waals surface area contributed by atoms with Crippen molar-refractivity contribution >= 4 is 41.7 Å². The van der Waals surface area contributed by atoms with Crippen molar-refractivity contribution in [2.24, 2.45) is 16.6 Å². The average molecular weight is 419 g/mol. The van der Waals surface area contributed by atoms with Crippen LogP contribution in [0.2, 0.25) is 0 Å². The summed E-state index contributed by atoms with van der Waals surface area (Å²) in [6.45, 7) is 7.30. The van der Waals surface area contributed by atoms with E-state index in [1.807, 2.05) is 11.8 Å². The third kappa shape index (κ3) is 6.46. The molecule has 1 heterocycles. The third-order valence-corrected chi connectivity index (χ3v) is 4.63. The number of nitrogens with two attached hydrogens (primary N) is 1. The number of hydrogen-bond donors (Lipinski definition) is 1. The summed E-state index contributed by atoms with van der Waals surface area (Å²) in [5.41, 5.74) is 7.38. The first-order chi connectivity index (χ1) is 9.65. The number of thioether (sulfide) groups is 1. The molecule has 21 heavy (non-hydrogen) atoms. The fourth-order valence-corrected chi connectivity index (χ4v) is 3.20. The molecule has 0 aliphatic carbocycles. The van der Waals surface area contributed by atoms with Crippen molar-refractivity contribution in [2.45, 2.75) is 31.6 Å². The summed E-state index contributed by atoms with van der Waals surface area (Å²) in [5.74, 6) is 2.44. The van der Waals surface area contributed by atoms with Crippen molar-refractivity contribution in [1.29, 1.82) is 0 Å². The van der Waals surface area contributed by atoms with Crippen LogP contribution in [0, 0.1) is 12.8 Å². The smallest absolute Gasteiger partial charge is 0.191 e. The molecule has 0 radical (unpaired) electrons. The molecule has 118 valence electrons. The molecular weight excluding hydrogens is 393 g/mol. The first-order valence-corrected chi connectivity index (χ1v) is 8.38. The van der Waals surface area contributed by atoms with Crippen LogP contribution in [-0.2, 0) is 0 Å². The molecule has 3 nitrogen and oxygen atoms in total. The highest BCUT2D eigenvalue weighted by atomic mass is 127. The van der Waals surface area contributed by atoms with Crippen LogP contribution >= 0.6 is 35.7 Å². The molecule has 1 saturated heterocycles. The Morgan fingerprint density at radius 2 is 2.10 bits per heavy atom. The van der Waals surface area contributed by atoms with Crippen molar-refractivity contribution in [2.75, 3.05) is 25.4 Å². The van der Waals surface area contributed by atoms with E-state index in [2.05, 4.69) is 48.0 Å². The van der Waals surface area contributed by atoms with Gasteiger partial charge in [-0.25, -0.2) is 0 Å². The van der Waals surface area contributed by atoms with Gasteiger partial charge in [-0.15, -0.1) is 35.7 Å². The van der Waals surface area contributed by atoms with Gasteiger partial charge in [0, 0.05) is 23.7 Å². The Morgan fingerprint density at radius 3 is 2.76 bits per heavy atom. The van der Waals surface area contributed by atoms with Crippen LogP contribution in [0.15, 0.2) is 34.2 Å². The maximum Gasteiger partial charge on any atom is 0.191 e. The Kier molecular flexibility index (Phi) is 8.48. The van der Waals surface area contributed by atoms with E-state index in [4.69, 9.17) is 5.73 Å². The SMILES string of the molecule is Cc1ccc(SCCN=C(N)N2CCCC(C)C2)cc1.I. The van der Waals surface area contributed by atoms with Gasteiger partial charge in [-0.05, 0) is 37.8 Å². The molecule has 0 aromatic heterocycles. The molecule has 0 saturated carbocycles. The Balaban J connectivity index is 0.00000220. The lowest BCUT2D eigenvalue weighted by Crippen LogP contribution is -2.43. The van der Waals surface area contributed by atoms with Gasteiger partial charge in [0.25, 0.3) is 0 Å². The summed E-state index contributed by atoms with van der Waals surface area (Å²) < 4.78 is 0. The summed E-state index contributed by atoms with van der Waals surface area (Å²) in [6, 6.07) is 8.63. The highest BCUT2D eigenvalue weighted by Gasteiger charge is 2.17. The first kappa shape index (κ1) is 18.6. The van der Waals surface area contributed by atoms with Gasteiger partial charge in [-0.3, -0.25) is 4.99 Å². The van der Waals surface area contributed by atoms with E-state index in [0.717, 1.165) is 37.3 Å². The van der Waals surface area contributed by atoms with Crippen LogP contribution in [0.25, 0.3) is 0 Å². The number of aryl methyl sites for hydroxylation is 1. The largest absolute Gasteiger partial charge is 0.370 e. The maximum atomic E-state index is 6.08. The second kappa shape index (κ2) is 9.56. The van der Waals surface area contributed by atoms with Gasteiger partial charge < -0.3 is 10.6 Å². The zero-order valence-corrected chi connectivity index (χ0v) is 16.1. The monoisotopic (exact) mass is 419 g/mol. The van der Waals surface area contributed by atoms with E-state index < -0.39 is 0 Å². The minimum Gasteiger partial charge on any atom is -0.370 e. The first-order valence-electron chi connectivity index (χ1n) is 7.39. The van der Waals surface area contributed by atoms with E-state index in [9.17, 15) is 0 Å². The standard InChI is InChI=1S/C16H25N3S.HI/c1-13-5-7-15(8-6-13)20-11-9-18-16(17)19-10-3-4-14(2)12-19;/h5-8,14H,3-4,9-12H2,1-2H3,(H2,17,18);1H. The quantitative estimate of drug-likeness (QED) is 0.266. The summed E-state index contributed by atoms with van der Waals surface area (Å²) >= 11 is 1.84. The predicted molar refractivity (Wildman–Crippen MR) is 104 cm³/mol. The number of hydrogen-bond acceptors (Lipinski definition) is 2. The van der Waals surface area contributed by atoms with Gasteiger partial charge in [-0.1, -0.05) is 24.6 Å². The molecule has 0 amide bonds. The summed E-state index contributed by atoms with van der Waals surface area (Å²) in [6.07, 6.45) is 2.54. The van der Waals surface area contributed by atoms with E-state index in [0.29, 0.717) is 0 Å². The van der Waals surface area contributed by atoms with Gasteiger partial charge in [0.05, 0.1) is 6.54 Å². The van der Waals surface area contributed by atoms with Crippen LogP contribution in [0.4, 0.5) is 0 Å². The molecule has 2 rings (SSSR count). The van der Waals surface area contributed by atoms with Crippen molar-refractivity contribution in [3.63, 3.8) is 0 Å². The third-order valence-electron chi connectivity index (χ3n) is 3.64. The summed E-state index contributed by atoms with van der Waals surface area (Å²) in [4.78, 5) is 8.04. The summed E-state index contributed by atoms with van der Waals surface area (Å²) in [7, 11) is 0. The van der Waals surface area contributed by atoms with Gasteiger partial charge in [0.1, 0.15) is 0 Å². The molecule has 1 aromatic carbocycles. The van der Waals surface area contributed by atoms with Gasteiger partial charge >= 0.3 is 0 Å². The topological polar surface area (TPSA) is 41.6 Å². The predicted octanol–water partition coefficient (Wildman–Crippen LogP) is 3.75. The molecule has 0 spiro atoms. The van der Waals surface area contributed by atoms with E-state index in [1.165, 1.54) is 23.3 Å². The highest BCUT2D eigenvalue weighted by molar-refractivity contribution is 14.0. The number of nitrogens with zero attached hydrogens (tertiary/aromatic N) is 2. The Bertz CT molecular complexity index is 447. The fraction of sp³-hybridized carbons (Fsp3) is 0.562. The zero-order chi connectivity index (χ0) is 14.4. The Morgan fingerprint density at radius 1 is 1.38 bits per heavy atom. The van der Waals surface area contributed by atoms with Gasteiger partial charge in [0.2, 0.25) is 0 Å². The van der Waals surface area contributed by atoms with Gasteiger partial charge in [0.15, 0.2) is 5.96 Å². The van der Waals surface area contributed by atoms with Gasteiger partial charge in [-0.2, -0.15) is 0 Å². The number of halogens is 1. The number of piperidine rings is 1. The number of benzene rings is 1. The van der Waals surface area contributed by atoms with Crippen LogP contribution < -0.4 is 5.73 Å². The second-order valence-electron chi connectivity index (χ2n) is 5.59. The minimum absolute atomic E-state index is 0. The lowest BCUT2D eigenvalue weighted by atomic mass is 10.0.